The van der Waals surface area contributed by atoms with E-state index in [9.17, 15) is 0 Å². The minimum atomic E-state index is 0.0114. The third-order valence-corrected chi connectivity index (χ3v) is 3.85. The average molecular weight is 333 g/mol. The fourth-order valence-electron chi connectivity index (χ4n) is 2.11. The Hall–Kier alpha value is -0.0500. The molecule has 0 N–H and O–H groups in total. The van der Waals surface area contributed by atoms with Crippen molar-refractivity contribution in [3.8, 4) is 0 Å². The van der Waals surface area contributed by atoms with Crippen molar-refractivity contribution in [1.82, 2.24) is 0 Å². The zero-order valence-electron chi connectivity index (χ0n) is 14.8. The molecule has 0 aromatic rings. The number of halogens is 1. The lowest BCUT2D eigenvalue weighted by Gasteiger charge is -2.18. The summed E-state index contributed by atoms with van der Waals surface area (Å²) in [4.78, 5) is 0. The monoisotopic (exact) mass is 332 g/mol. The summed E-state index contributed by atoms with van der Waals surface area (Å²) in [5.74, 6) is 0.766. The molecule has 22 heavy (non-hydrogen) atoms. The summed E-state index contributed by atoms with van der Waals surface area (Å²) in [6.45, 7) is 6.04. The number of allylic oxidation sites excluding steroid dienone is 2. The van der Waals surface area contributed by atoms with E-state index in [1.54, 1.807) is 0 Å². The molecule has 0 fully saturated rings. The summed E-state index contributed by atoms with van der Waals surface area (Å²) >= 11 is 5.65. The third kappa shape index (κ3) is 16.3. The Morgan fingerprint density at radius 3 is 1.91 bits per heavy atom. The van der Waals surface area contributed by atoms with Gasteiger partial charge in [0, 0.05) is 19.1 Å². The number of unbranched alkanes of at least 4 members (excludes halogenated alkanes) is 6. The molecule has 0 spiro atoms. The molecular weight excluding hydrogens is 296 g/mol. The molecule has 0 aromatic heterocycles. The number of alkyl halides is 1. The van der Waals surface area contributed by atoms with Gasteiger partial charge < -0.3 is 9.47 Å². The topological polar surface area (TPSA) is 18.5 Å². The molecule has 0 aliphatic heterocycles. The molecule has 0 aromatic carbocycles. The molecule has 3 heteroatoms. The maximum absolute atomic E-state index is 5.85. The molecule has 0 saturated heterocycles. The van der Waals surface area contributed by atoms with Gasteiger partial charge in [0.25, 0.3) is 0 Å². The first-order valence-electron chi connectivity index (χ1n) is 9.29. The molecule has 0 radical (unpaired) electrons. The summed E-state index contributed by atoms with van der Waals surface area (Å²) < 4.78 is 11.7. The Balaban J connectivity index is 3.61. The molecule has 0 bridgehead atoms. The molecule has 0 aliphatic carbocycles. The van der Waals surface area contributed by atoms with Crippen molar-refractivity contribution in [2.45, 2.75) is 90.8 Å². The van der Waals surface area contributed by atoms with E-state index < -0.39 is 0 Å². The number of hydrogen-bond donors (Lipinski definition) is 0. The zero-order valence-corrected chi connectivity index (χ0v) is 15.6. The third-order valence-electron chi connectivity index (χ3n) is 3.58. The van der Waals surface area contributed by atoms with E-state index in [2.05, 4.69) is 26.0 Å². The summed E-state index contributed by atoms with van der Waals surface area (Å²) in [5.41, 5.74) is 0. The first kappa shape index (κ1) is 21.9. The second-order valence-electron chi connectivity index (χ2n) is 5.82. The van der Waals surface area contributed by atoms with Crippen LogP contribution in [-0.2, 0) is 9.47 Å². The summed E-state index contributed by atoms with van der Waals surface area (Å²) in [6, 6.07) is 0. The van der Waals surface area contributed by atoms with E-state index >= 15 is 0 Å². The van der Waals surface area contributed by atoms with Crippen LogP contribution in [0.5, 0.6) is 0 Å². The first-order chi connectivity index (χ1) is 10.8. The maximum Gasteiger partial charge on any atom is 0.157 e. The van der Waals surface area contributed by atoms with Gasteiger partial charge in [-0.2, -0.15) is 0 Å². The van der Waals surface area contributed by atoms with Crippen molar-refractivity contribution in [1.29, 1.82) is 0 Å². The van der Waals surface area contributed by atoms with Gasteiger partial charge in [-0.1, -0.05) is 45.3 Å². The van der Waals surface area contributed by atoms with Crippen LogP contribution >= 0.6 is 11.6 Å². The second-order valence-corrected chi connectivity index (χ2v) is 6.20. The molecule has 132 valence electrons. The smallest absolute Gasteiger partial charge is 0.157 e. The van der Waals surface area contributed by atoms with E-state index in [4.69, 9.17) is 21.1 Å². The van der Waals surface area contributed by atoms with Crippen LogP contribution in [-0.4, -0.2) is 25.4 Å². The summed E-state index contributed by atoms with van der Waals surface area (Å²) in [7, 11) is 0. The predicted octanol–water partition coefficient (Wildman–Crippen LogP) is 6.47. The standard InChI is InChI=1S/C19H37ClO2/c1-3-5-17-21-19(22-18-6-4-2)15-13-11-9-7-8-10-12-14-16-20/h8,10,19H,3-7,9,11-18H2,1-2H3/b10-8+. The highest BCUT2D eigenvalue weighted by atomic mass is 35.5. The Kier molecular flexibility index (Phi) is 19.0. The van der Waals surface area contributed by atoms with Crippen molar-refractivity contribution in [3.63, 3.8) is 0 Å². The fourth-order valence-corrected chi connectivity index (χ4v) is 2.27. The molecule has 0 amide bonds. The lowest BCUT2D eigenvalue weighted by Crippen LogP contribution is -2.18. The zero-order chi connectivity index (χ0) is 16.3. The number of rotatable bonds is 17. The van der Waals surface area contributed by atoms with Crippen LogP contribution in [0.1, 0.15) is 84.5 Å². The molecule has 0 aliphatic rings. The van der Waals surface area contributed by atoms with Gasteiger partial charge in [-0.3, -0.25) is 0 Å². The Morgan fingerprint density at radius 1 is 0.773 bits per heavy atom. The molecule has 0 unspecified atom stereocenters. The Labute approximate surface area is 143 Å². The van der Waals surface area contributed by atoms with Crippen LogP contribution in [0.15, 0.2) is 12.2 Å². The molecule has 0 rings (SSSR count). The lowest BCUT2D eigenvalue weighted by atomic mass is 10.1. The van der Waals surface area contributed by atoms with Crippen LogP contribution in [0.4, 0.5) is 0 Å². The minimum Gasteiger partial charge on any atom is -0.353 e. The normalized spacial score (nSPS) is 11.8. The number of hydrogen-bond acceptors (Lipinski definition) is 2. The van der Waals surface area contributed by atoms with E-state index in [0.717, 1.165) is 51.2 Å². The first-order valence-corrected chi connectivity index (χ1v) is 9.82. The lowest BCUT2D eigenvalue weighted by molar-refractivity contribution is -0.147. The van der Waals surface area contributed by atoms with Crippen molar-refractivity contribution < 1.29 is 9.47 Å². The highest BCUT2D eigenvalue weighted by molar-refractivity contribution is 6.17. The van der Waals surface area contributed by atoms with Crippen LogP contribution < -0.4 is 0 Å². The van der Waals surface area contributed by atoms with Gasteiger partial charge in [0.15, 0.2) is 6.29 Å². The van der Waals surface area contributed by atoms with Gasteiger partial charge in [-0.15, -0.1) is 11.6 Å². The predicted molar refractivity (Wildman–Crippen MR) is 97.7 cm³/mol. The van der Waals surface area contributed by atoms with Crippen LogP contribution in [0, 0.1) is 0 Å². The Bertz CT molecular complexity index is 221. The van der Waals surface area contributed by atoms with Gasteiger partial charge in [-0.05, 0) is 51.4 Å². The van der Waals surface area contributed by atoms with E-state index in [1.165, 1.54) is 38.5 Å². The average Bonchev–Trinajstić information content (AvgIpc) is 2.53. The van der Waals surface area contributed by atoms with Gasteiger partial charge in [0.05, 0.1) is 0 Å². The fraction of sp³-hybridized carbons (Fsp3) is 0.895. The maximum atomic E-state index is 5.85. The second kappa shape index (κ2) is 19.0. The molecule has 0 heterocycles. The van der Waals surface area contributed by atoms with Crippen molar-refractivity contribution in [2.75, 3.05) is 19.1 Å². The van der Waals surface area contributed by atoms with Crippen molar-refractivity contribution in [3.05, 3.63) is 12.2 Å². The van der Waals surface area contributed by atoms with E-state index in [-0.39, 0.29) is 6.29 Å². The molecule has 2 nitrogen and oxygen atoms in total. The highest BCUT2D eigenvalue weighted by Gasteiger charge is 2.08. The quantitative estimate of drug-likeness (QED) is 0.131. The number of ether oxygens (including phenoxy) is 2. The van der Waals surface area contributed by atoms with Crippen LogP contribution in [0.25, 0.3) is 0 Å². The van der Waals surface area contributed by atoms with Gasteiger partial charge in [0.1, 0.15) is 0 Å². The molecule has 0 atom stereocenters. The minimum absolute atomic E-state index is 0.0114. The summed E-state index contributed by atoms with van der Waals surface area (Å²) in [6.07, 6.45) is 17.3. The van der Waals surface area contributed by atoms with Gasteiger partial charge in [-0.25, -0.2) is 0 Å². The van der Waals surface area contributed by atoms with Gasteiger partial charge in [0.2, 0.25) is 0 Å². The molecular formula is C19H37ClO2. The SMILES string of the molecule is CCCCOC(CCCCC/C=C/CCCCl)OCCCC. The van der Waals surface area contributed by atoms with Crippen molar-refractivity contribution in [2.24, 2.45) is 0 Å². The van der Waals surface area contributed by atoms with Crippen molar-refractivity contribution >= 4 is 11.6 Å². The van der Waals surface area contributed by atoms with Gasteiger partial charge >= 0.3 is 0 Å². The highest BCUT2D eigenvalue weighted by Crippen LogP contribution is 2.11. The van der Waals surface area contributed by atoms with E-state index in [0.29, 0.717) is 0 Å². The Morgan fingerprint density at radius 2 is 1.36 bits per heavy atom. The van der Waals surface area contributed by atoms with Crippen LogP contribution in [0.2, 0.25) is 0 Å². The molecule has 0 saturated carbocycles. The van der Waals surface area contributed by atoms with Crippen LogP contribution in [0.3, 0.4) is 0 Å². The summed E-state index contributed by atoms with van der Waals surface area (Å²) in [5, 5.41) is 0. The van der Waals surface area contributed by atoms with E-state index in [1.807, 2.05) is 0 Å². The largest absolute Gasteiger partial charge is 0.353 e.